The van der Waals surface area contributed by atoms with Crippen LogP contribution in [0.3, 0.4) is 0 Å². The molecule has 1 saturated heterocycles. The minimum atomic E-state index is 0.269. The van der Waals surface area contributed by atoms with Crippen LogP contribution >= 0.6 is 0 Å². The number of rotatable bonds is 4. The normalized spacial score (nSPS) is 34.2. The molecule has 2 aliphatic rings. The van der Waals surface area contributed by atoms with Gasteiger partial charge in [-0.2, -0.15) is 0 Å². The van der Waals surface area contributed by atoms with Crippen LogP contribution in [0, 0.1) is 11.8 Å². The number of carbonyl (C=O) groups is 1. The van der Waals surface area contributed by atoms with Crippen LogP contribution in [-0.4, -0.2) is 25.0 Å². The summed E-state index contributed by atoms with van der Waals surface area (Å²) in [5.74, 6) is 1.68. The molecule has 3 nitrogen and oxygen atoms in total. The number of amides is 1. The van der Waals surface area contributed by atoms with E-state index in [2.05, 4.69) is 17.6 Å². The zero-order valence-electron chi connectivity index (χ0n) is 10.3. The molecule has 2 N–H and O–H groups in total. The van der Waals surface area contributed by atoms with Gasteiger partial charge in [-0.1, -0.05) is 13.3 Å². The van der Waals surface area contributed by atoms with Crippen LogP contribution in [0.25, 0.3) is 0 Å². The average Bonchev–Trinajstić information content (AvgIpc) is 2.88. The van der Waals surface area contributed by atoms with Crippen LogP contribution < -0.4 is 10.6 Å². The van der Waals surface area contributed by atoms with Crippen LogP contribution in [-0.2, 0) is 4.79 Å². The quantitative estimate of drug-likeness (QED) is 0.763. The minimum Gasteiger partial charge on any atom is -0.353 e. The van der Waals surface area contributed by atoms with Crippen molar-refractivity contribution in [3.63, 3.8) is 0 Å². The van der Waals surface area contributed by atoms with Crippen LogP contribution in [0.4, 0.5) is 0 Å². The van der Waals surface area contributed by atoms with Gasteiger partial charge in [0.25, 0.3) is 0 Å². The topological polar surface area (TPSA) is 41.1 Å². The second-order valence-corrected chi connectivity index (χ2v) is 5.48. The first-order valence-electron chi connectivity index (χ1n) is 6.76. The maximum Gasteiger partial charge on any atom is 0.220 e. The average molecular weight is 224 g/mol. The van der Waals surface area contributed by atoms with Gasteiger partial charge in [-0.15, -0.1) is 0 Å². The molecule has 0 aromatic carbocycles. The van der Waals surface area contributed by atoms with Crippen LogP contribution in [0.15, 0.2) is 0 Å². The lowest BCUT2D eigenvalue weighted by Crippen LogP contribution is -2.36. The summed E-state index contributed by atoms with van der Waals surface area (Å²) in [5, 5.41) is 6.54. The van der Waals surface area contributed by atoms with Crippen LogP contribution in [0.1, 0.15) is 45.4 Å². The predicted octanol–water partition coefficient (Wildman–Crippen LogP) is 1.68. The monoisotopic (exact) mass is 224 g/mol. The first-order chi connectivity index (χ1) is 7.75. The molecule has 1 heterocycles. The Hall–Kier alpha value is -0.570. The highest BCUT2D eigenvalue weighted by Gasteiger charge is 2.25. The lowest BCUT2D eigenvalue weighted by Gasteiger charge is -2.17. The maximum absolute atomic E-state index is 11.8. The first-order valence-corrected chi connectivity index (χ1v) is 6.76. The Bertz CT molecular complexity index is 236. The molecule has 0 radical (unpaired) electrons. The lowest BCUT2D eigenvalue weighted by atomic mass is 10.0. The molecule has 2 fully saturated rings. The van der Waals surface area contributed by atoms with Gasteiger partial charge in [-0.25, -0.2) is 0 Å². The van der Waals surface area contributed by atoms with Crippen LogP contribution in [0.5, 0.6) is 0 Å². The van der Waals surface area contributed by atoms with Gasteiger partial charge in [-0.3, -0.25) is 4.79 Å². The van der Waals surface area contributed by atoms with E-state index < -0.39 is 0 Å². The predicted molar refractivity (Wildman–Crippen MR) is 65.2 cm³/mol. The largest absolute Gasteiger partial charge is 0.353 e. The molecular formula is C13H24N2O. The Morgan fingerprint density at radius 3 is 2.88 bits per heavy atom. The minimum absolute atomic E-state index is 0.269. The molecule has 3 heteroatoms. The Labute approximate surface area is 98.4 Å². The summed E-state index contributed by atoms with van der Waals surface area (Å²) in [7, 11) is 0. The SMILES string of the molecule is CC1CCCC1NC(=O)CCC1CCNC1. The zero-order chi connectivity index (χ0) is 11.4. The fourth-order valence-corrected chi connectivity index (χ4v) is 2.93. The third-order valence-corrected chi connectivity index (χ3v) is 4.15. The summed E-state index contributed by atoms with van der Waals surface area (Å²) in [6, 6.07) is 0.453. The van der Waals surface area contributed by atoms with Crippen molar-refractivity contribution in [3.05, 3.63) is 0 Å². The Morgan fingerprint density at radius 1 is 1.38 bits per heavy atom. The molecule has 1 saturated carbocycles. The molecule has 0 spiro atoms. The summed E-state index contributed by atoms with van der Waals surface area (Å²) < 4.78 is 0. The molecular weight excluding hydrogens is 200 g/mol. The molecule has 2 rings (SSSR count). The number of hydrogen-bond acceptors (Lipinski definition) is 2. The molecule has 1 amide bonds. The summed E-state index contributed by atoms with van der Waals surface area (Å²) >= 11 is 0. The van der Waals surface area contributed by atoms with E-state index in [1.807, 2.05) is 0 Å². The highest BCUT2D eigenvalue weighted by atomic mass is 16.1. The molecule has 1 aliphatic heterocycles. The second-order valence-electron chi connectivity index (χ2n) is 5.48. The van der Waals surface area contributed by atoms with E-state index in [9.17, 15) is 4.79 Å². The molecule has 3 atom stereocenters. The van der Waals surface area contributed by atoms with Gasteiger partial charge in [0.1, 0.15) is 0 Å². The summed E-state index contributed by atoms with van der Waals surface area (Å²) in [6.45, 7) is 4.48. The van der Waals surface area contributed by atoms with Crippen molar-refractivity contribution in [3.8, 4) is 0 Å². The third kappa shape index (κ3) is 3.21. The van der Waals surface area contributed by atoms with Gasteiger partial charge in [-0.05, 0) is 50.6 Å². The lowest BCUT2D eigenvalue weighted by molar-refractivity contribution is -0.122. The molecule has 92 valence electrons. The summed E-state index contributed by atoms with van der Waals surface area (Å²) in [6.07, 6.45) is 6.75. The van der Waals surface area contributed by atoms with Gasteiger partial charge in [0.15, 0.2) is 0 Å². The Morgan fingerprint density at radius 2 is 2.25 bits per heavy atom. The molecule has 0 bridgehead atoms. The second kappa shape index (κ2) is 5.67. The smallest absolute Gasteiger partial charge is 0.220 e. The Balaban J connectivity index is 1.63. The van der Waals surface area contributed by atoms with E-state index in [1.165, 1.54) is 25.7 Å². The number of nitrogens with one attached hydrogen (secondary N) is 2. The van der Waals surface area contributed by atoms with Crippen molar-refractivity contribution in [2.24, 2.45) is 11.8 Å². The standard InChI is InChI=1S/C13H24N2O/c1-10-3-2-4-12(10)15-13(16)6-5-11-7-8-14-9-11/h10-12,14H,2-9H2,1H3,(H,15,16). The maximum atomic E-state index is 11.8. The van der Waals surface area contributed by atoms with E-state index >= 15 is 0 Å². The summed E-state index contributed by atoms with van der Waals surface area (Å²) in [4.78, 5) is 11.8. The van der Waals surface area contributed by atoms with Gasteiger partial charge >= 0.3 is 0 Å². The van der Waals surface area contributed by atoms with Crippen molar-refractivity contribution < 1.29 is 4.79 Å². The molecule has 3 unspecified atom stereocenters. The molecule has 1 aliphatic carbocycles. The van der Waals surface area contributed by atoms with Gasteiger partial charge in [0, 0.05) is 12.5 Å². The van der Waals surface area contributed by atoms with Gasteiger partial charge in [0.05, 0.1) is 0 Å². The molecule has 16 heavy (non-hydrogen) atoms. The van der Waals surface area contributed by atoms with E-state index in [-0.39, 0.29) is 5.91 Å². The third-order valence-electron chi connectivity index (χ3n) is 4.15. The van der Waals surface area contributed by atoms with Crippen molar-refractivity contribution in [1.82, 2.24) is 10.6 Å². The fourth-order valence-electron chi connectivity index (χ4n) is 2.93. The van der Waals surface area contributed by atoms with Crippen molar-refractivity contribution in [2.75, 3.05) is 13.1 Å². The van der Waals surface area contributed by atoms with Crippen molar-refractivity contribution in [1.29, 1.82) is 0 Å². The summed E-state index contributed by atoms with van der Waals surface area (Å²) in [5.41, 5.74) is 0. The van der Waals surface area contributed by atoms with E-state index in [0.29, 0.717) is 12.0 Å². The fraction of sp³-hybridized carbons (Fsp3) is 0.923. The number of hydrogen-bond donors (Lipinski definition) is 2. The van der Waals surface area contributed by atoms with E-state index in [4.69, 9.17) is 0 Å². The zero-order valence-corrected chi connectivity index (χ0v) is 10.3. The van der Waals surface area contributed by atoms with Gasteiger partial charge in [0.2, 0.25) is 5.91 Å². The highest BCUT2D eigenvalue weighted by molar-refractivity contribution is 5.76. The molecule has 0 aromatic heterocycles. The highest BCUT2D eigenvalue weighted by Crippen LogP contribution is 2.25. The Kier molecular flexibility index (Phi) is 4.22. The van der Waals surface area contributed by atoms with E-state index in [1.54, 1.807) is 0 Å². The van der Waals surface area contributed by atoms with Gasteiger partial charge < -0.3 is 10.6 Å². The number of carbonyl (C=O) groups excluding carboxylic acids is 1. The van der Waals surface area contributed by atoms with E-state index in [0.717, 1.165) is 31.8 Å². The van der Waals surface area contributed by atoms with Crippen molar-refractivity contribution in [2.45, 2.75) is 51.5 Å². The first kappa shape index (κ1) is 11.9. The van der Waals surface area contributed by atoms with Crippen LogP contribution in [0.2, 0.25) is 0 Å². The molecule has 0 aromatic rings. The van der Waals surface area contributed by atoms with Crippen molar-refractivity contribution >= 4 is 5.91 Å².